The van der Waals surface area contributed by atoms with E-state index >= 15 is 0 Å². The third-order valence-corrected chi connectivity index (χ3v) is 5.10. The number of ether oxygens (including phenoxy) is 1. The summed E-state index contributed by atoms with van der Waals surface area (Å²) in [5.74, 6) is 0.538. The van der Waals surface area contributed by atoms with Gasteiger partial charge in [0.05, 0.1) is 13.2 Å². The molecular weight excluding hydrogens is 268 g/mol. The number of hydrogen-bond acceptors (Lipinski definition) is 3. The van der Waals surface area contributed by atoms with Crippen LogP contribution in [-0.4, -0.2) is 60.5 Å². The van der Waals surface area contributed by atoms with E-state index in [0.717, 1.165) is 45.1 Å². The Morgan fingerprint density at radius 2 is 1.52 bits per heavy atom. The van der Waals surface area contributed by atoms with Crippen molar-refractivity contribution in [3.05, 3.63) is 0 Å². The second-order valence-electron chi connectivity index (χ2n) is 6.46. The van der Waals surface area contributed by atoms with Crippen LogP contribution in [0.25, 0.3) is 0 Å². The van der Waals surface area contributed by atoms with E-state index < -0.39 is 0 Å². The van der Waals surface area contributed by atoms with Crippen molar-refractivity contribution in [3.8, 4) is 0 Å². The maximum atomic E-state index is 12.7. The summed E-state index contributed by atoms with van der Waals surface area (Å²) in [5.41, 5.74) is 0. The Balaban J connectivity index is 1.63. The molecule has 1 saturated carbocycles. The lowest BCUT2D eigenvalue weighted by molar-refractivity contribution is -0.148. The molecule has 1 atom stereocenters. The average molecular weight is 294 g/mol. The van der Waals surface area contributed by atoms with Crippen molar-refractivity contribution in [3.63, 3.8) is 0 Å². The Labute approximate surface area is 126 Å². The van der Waals surface area contributed by atoms with Crippen LogP contribution >= 0.6 is 0 Å². The number of amides is 2. The standard InChI is InChI=1S/C16H26N2O3/c19-15(13-5-2-1-3-6-13)18-8-4-7-14(18)16(20)17-9-11-21-12-10-17/h13-14H,1-12H2/t14-/m1/s1. The van der Waals surface area contributed by atoms with Crippen LogP contribution in [0, 0.1) is 5.92 Å². The van der Waals surface area contributed by atoms with Gasteiger partial charge in [0.1, 0.15) is 6.04 Å². The van der Waals surface area contributed by atoms with Crippen molar-refractivity contribution < 1.29 is 14.3 Å². The first-order chi connectivity index (χ1) is 10.3. The molecule has 2 saturated heterocycles. The Kier molecular flexibility index (Phi) is 4.78. The molecule has 0 bridgehead atoms. The van der Waals surface area contributed by atoms with E-state index in [2.05, 4.69) is 0 Å². The molecule has 0 aromatic carbocycles. The van der Waals surface area contributed by atoms with Crippen molar-refractivity contribution in [2.75, 3.05) is 32.8 Å². The van der Waals surface area contributed by atoms with Crippen LogP contribution in [0.2, 0.25) is 0 Å². The number of hydrogen-bond donors (Lipinski definition) is 0. The zero-order valence-electron chi connectivity index (χ0n) is 12.8. The van der Waals surface area contributed by atoms with Crippen LogP contribution in [0.5, 0.6) is 0 Å². The molecule has 3 rings (SSSR count). The lowest BCUT2D eigenvalue weighted by atomic mass is 9.88. The first-order valence-electron chi connectivity index (χ1n) is 8.44. The quantitative estimate of drug-likeness (QED) is 0.774. The second-order valence-corrected chi connectivity index (χ2v) is 6.46. The Morgan fingerprint density at radius 1 is 0.810 bits per heavy atom. The van der Waals surface area contributed by atoms with Crippen LogP contribution in [0.3, 0.4) is 0 Å². The van der Waals surface area contributed by atoms with E-state index in [0.29, 0.717) is 26.3 Å². The maximum absolute atomic E-state index is 12.7. The van der Waals surface area contributed by atoms with E-state index in [1.54, 1.807) is 0 Å². The topological polar surface area (TPSA) is 49.9 Å². The molecule has 3 aliphatic rings. The van der Waals surface area contributed by atoms with E-state index in [1.165, 1.54) is 6.42 Å². The molecule has 118 valence electrons. The molecule has 5 nitrogen and oxygen atoms in total. The first kappa shape index (κ1) is 14.8. The predicted molar refractivity (Wildman–Crippen MR) is 78.7 cm³/mol. The molecule has 0 spiro atoms. The van der Waals surface area contributed by atoms with E-state index in [1.807, 2.05) is 9.80 Å². The average Bonchev–Trinajstić information content (AvgIpc) is 3.04. The van der Waals surface area contributed by atoms with Gasteiger partial charge >= 0.3 is 0 Å². The monoisotopic (exact) mass is 294 g/mol. The van der Waals surface area contributed by atoms with Gasteiger partial charge in [-0.05, 0) is 25.7 Å². The molecule has 2 amide bonds. The van der Waals surface area contributed by atoms with Crippen LogP contribution in [0.1, 0.15) is 44.9 Å². The van der Waals surface area contributed by atoms with Gasteiger partial charge in [0, 0.05) is 25.6 Å². The van der Waals surface area contributed by atoms with Crippen molar-refractivity contribution in [2.24, 2.45) is 5.92 Å². The number of nitrogens with zero attached hydrogens (tertiary/aromatic N) is 2. The van der Waals surface area contributed by atoms with Gasteiger partial charge in [0.25, 0.3) is 0 Å². The number of carbonyl (C=O) groups excluding carboxylic acids is 2. The van der Waals surface area contributed by atoms with Crippen LogP contribution < -0.4 is 0 Å². The van der Waals surface area contributed by atoms with Crippen molar-refractivity contribution >= 4 is 11.8 Å². The van der Waals surface area contributed by atoms with Crippen molar-refractivity contribution in [2.45, 2.75) is 51.0 Å². The third-order valence-electron chi connectivity index (χ3n) is 5.10. The number of rotatable bonds is 2. The largest absolute Gasteiger partial charge is 0.378 e. The van der Waals surface area contributed by atoms with Crippen LogP contribution in [-0.2, 0) is 14.3 Å². The highest BCUT2D eigenvalue weighted by Crippen LogP contribution is 2.29. The summed E-state index contributed by atoms with van der Waals surface area (Å²) in [6.07, 6.45) is 7.37. The van der Waals surface area contributed by atoms with Crippen molar-refractivity contribution in [1.82, 2.24) is 9.80 Å². The molecule has 5 heteroatoms. The summed E-state index contributed by atoms with van der Waals surface area (Å²) in [7, 11) is 0. The Morgan fingerprint density at radius 3 is 2.24 bits per heavy atom. The second kappa shape index (κ2) is 6.77. The molecule has 3 fully saturated rings. The third kappa shape index (κ3) is 3.23. The summed E-state index contributed by atoms with van der Waals surface area (Å²) < 4.78 is 5.31. The highest BCUT2D eigenvalue weighted by Gasteiger charge is 2.39. The molecule has 1 aliphatic carbocycles. The zero-order chi connectivity index (χ0) is 14.7. The smallest absolute Gasteiger partial charge is 0.245 e. The van der Waals surface area contributed by atoms with E-state index in [4.69, 9.17) is 4.74 Å². The highest BCUT2D eigenvalue weighted by atomic mass is 16.5. The fraction of sp³-hybridized carbons (Fsp3) is 0.875. The molecule has 0 unspecified atom stereocenters. The predicted octanol–water partition coefficient (Wildman–Crippen LogP) is 1.42. The molecule has 0 aromatic rings. The number of likely N-dealkylation sites (tertiary alicyclic amines) is 1. The van der Waals surface area contributed by atoms with E-state index in [-0.39, 0.29) is 23.8 Å². The van der Waals surface area contributed by atoms with Crippen molar-refractivity contribution in [1.29, 1.82) is 0 Å². The minimum atomic E-state index is -0.211. The lowest BCUT2D eigenvalue weighted by Crippen LogP contribution is -2.52. The summed E-state index contributed by atoms with van der Waals surface area (Å²) >= 11 is 0. The Bertz CT molecular complexity index is 351. The first-order valence-corrected chi connectivity index (χ1v) is 8.44. The maximum Gasteiger partial charge on any atom is 0.245 e. The van der Waals surface area contributed by atoms with Gasteiger partial charge in [-0.2, -0.15) is 0 Å². The van der Waals surface area contributed by atoms with Gasteiger partial charge in [-0.1, -0.05) is 19.3 Å². The van der Waals surface area contributed by atoms with E-state index in [9.17, 15) is 9.59 Å². The van der Waals surface area contributed by atoms with Gasteiger partial charge in [0.2, 0.25) is 11.8 Å². The SMILES string of the molecule is O=C([C@H]1CCCN1C(=O)C1CCCCC1)N1CCOCC1. The molecular formula is C16H26N2O3. The number of morpholine rings is 1. The van der Waals surface area contributed by atoms with Crippen LogP contribution in [0.15, 0.2) is 0 Å². The zero-order valence-corrected chi connectivity index (χ0v) is 12.8. The van der Waals surface area contributed by atoms with Gasteiger partial charge in [0.15, 0.2) is 0 Å². The van der Waals surface area contributed by atoms with Gasteiger partial charge in [-0.3, -0.25) is 9.59 Å². The summed E-state index contributed by atoms with van der Waals surface area (Å²) in [6.45, 7) is 3.34. The lowest BCUT2D eigenvalue weighted by Gasteiger charge is -2.34. The van der Waals surface area contributed by atoms with Crippen LogP contribution in [0.4, 0.5) is 0 Å². The molecule has 0 N–H and O–H groups in total. The minimum absolute atomic E-state index is 0.139. The van der Waals surface area contributed by atoms with Gasteiger partial charge < -0.3 is 14.5 Å². The minimum Gasteiger partial charge on any atom is -0.378 e. The summed E-state index contributed by atoms with van der Waals surface area (Å²) in [6, 6.07) is -0.211. The normalized spacial score (nSPS) is 27.9. The van der Waals surface area contributed by atoms with Gasteiger partial charge in [-0.15, -0.1) is 0 Å². The molecule has 2 aliphatic heterocycles. The molecule has 21 heavy (non-hydrogen) atoms. The fourth-order valence-electron chi connectivity index (χ4n) is 3.87. The summed E-state index contributed by atoms with van der Waals surface area (Å²) in [4.78, 5) is 29.2. The molecule has 2 heterocycles. The highest BCUT2D eigenvalue weighted by molar-refractivity contribution is 5.89. The summed E-state index contributed by atoms with van der Waals surface area (Å²) in [5, 5.41) is 0. The van der Waals surface area contributed by atoms with Gasteiger partial charge in [-0.25, -0.2) is 0 Å². The molecule has 0 aromatic heterocycles. The fourth-order valence-corrected chi connectivity index (χ4v) is 3.87. The number of carbonyl (C=O) groups is 2. The Hall–Kier alpha value is -1.10. The molecule has 0 radical (unpaired) electrons.